The Kier molecular flexibility index (Phi) is 8.96. The molecular weight excluding hydrogens is 415 g/mol. The van der Waals surface area contributed by atoms with Gasteiger partial charge in [-0.05, 0) is 122 Å². The fraction of sp³-hybridized carbons (Fsp3) is 0.938. The molecule has 10 unspecified atom stereocenters. The first-order chi connectivity index (χ1) is 15.5. The lowest BCUT2D eigenvalue weighted by molar-refractivity contribution is -0.0898. The van der Waals surface area contributed by atoms with Crippen LogP contribution in [0, 0.1) is 51.8 Å². The summed E-state index contributed by atoms with van der Waals surface area (Å²) in [5.41, 5.74) is 4.22. The molecule has 192 valence electrons. The van der Waals surface area contributed by atoms with Crippen LogP contribution < -0.4 is 0 Å². The van der Waals surface area contributed by atoms with Crippen molar-refractivity contribution in [2.45, 2.75) is 132 Å². The predicted octanol–water partition coefficient (Wildman–Crippen LogP) is 10.4. The maximum atomic E-state index is 4.70. The van der Waals surface area contributed by atoms with E-state index in [-0.39, 0.29) is 0 Å². The number of allylic oxidation sites excluding steroid dienone is 1. The van der Waals surface area contributed by atoms with Crippen LogP contribution in [0.25, 0.3) is 0 Å². The number of rotatable bonds is 5. The van der Waals surface area contributed by atoms with Crippen LogP contribution in [0.3, 0.4) is 0 Å². The van der Waals surface area contributed by atoms with E-state index in [0.717, 1.165) is 49.7 Å². The molecule has 0 amide bonds. The summed E-state index contributed by atoms with van der Waals surface area (Å²) in [6, 6.07) is 0. The summed E-state index contributed by atoms with van der Waals surface area (Å²) < 4.78 is 0. The lowest BCUT2D eigenvalue weighted by atomic mass is 9.44. The average Bonchev–Trinajstić information content (AvgIpc) is 3.11. The Morgan fingerprint density at radius 3 is 2.27 bits per heavy atom. The summed E-state index contributed by atoms with van der Waals surface area (Å²) in [6.45, 7) is 26.5. The topological polar surface area (TPSA) is 0 Å². The highest BCUT2D eigenvalue weighted by molar-refractivity contribution is 7.37. The minimum atomic E-state index is 0.447. The molecule has 4 fully saturated rings. The van der Waals surface area contributed by atoms with Gasteiger partial charge in [0.1, 0.15) is 0 Å². The summed E-state index contributed by atoms with van der Waals surface area (Å²) in [5.74, 6) is 5.58. The second kappa shape index (κ2) is 10.7. The molecule has 4 aliphatic rings. The van der Waals surface area contributed by atoms with Gasteiger partial charge >= 0.3 is 0 Å². The third-order valence-corrected chi connectivity index (χ3v) is 13.4. The molecule has 33 heavy (non-hydrogen) atoms. The molecule has 0 radical (unpaired) electrons. The van der Waals surface area contributed by atoms with Crippen molar-refractivity contribution in [2.75, 3.05) is 6.66 Å². The highest BCUT2D eigenvalue weighted by Gasteiger charge is 2.60. The minimum absolute atomic E-state index is 0.447. The normalized spacial score (nSPS) is 42.7. The second-order valence-corrected chi connectivity index (χ2v) is 15.3. The number of hydrogen-bond acceptors (Lipinski definition) is 0. The van der Waals surface area contributed by atoms with Crippen molar-refractivity contribution >= 4 is 8.58 Å². The van der Waals surface area contributed by atoms with E-state index in [1.807, 2.05) is 13.8 Å². The molecule has 0 N–H and O–H groups in total. The first-order valence-corrected chi connectivity index (χ1v) is 16.4. The monoisotopic (exact) mass is 474 g/mol. The van der Waals surface area contributed by atoms with E-state index in [1.165, 1.54) is 70.6 Å². The Morgan fingerprint density at radius 1 is 0.970 bits per heavy atom. The molecule has 4 rings (SSSR count). The second-order valence-electron chi connectivity index (χ2n) is 14.0. The van der Waals surface area contributed by atoms with Gasteiger partial charge in [0.2, 0.25) is 0 Å². The number of hydrogen-bond donors (Lipinski definition) is 0. The lowest BCUT2D eigenvalue weighted by Crippen LogP contribution is -2.53. The minimum Gasteiger partial charge on any atom is -0.122 e. The fourth-order valence-corrected chi connectivity index (χ4v) is 11.0. The van der Waals surface area contributed by atoms with Crippen LogP contribution in [0.1, 0.15) is 126 Å². The van der Waals surface area contributed by atoms with Crippen LogP contribution in [0.4, 0.5) is 0 Å². The van der Waals surface area contributed by atoms with Crippen LogP contribution in [-0.2, 0) is 0 Å². The fourth-order valence-electron chi connectivity index (χ4n) is 9.52. The molecule has 0 bridgehead atoms. The summed E-state index contributed by atoms with van der Waals surface area (Å²) in [6.07, 6.45) is 16.3. The molecular formula is C32H59P. The summed E-state index contributed by atoms with van der Waals surface area (Å²) in [5, 5.41) is 0. The van der Waals surface area contributed by atoms with E-state index in [2.05, 4.69) is 48.2 Å². The van der Waals surface area contributed by atoms with Gasteiger partial charge in [-0.3, -0.25) is 0 Å². The van der Waals surface area contributed by atoms with Crippen molar-refractivity contribution in [3.05, 3.63) is 12.2 Å². The zero-order chi connectivity index (χ0) is 24.6. The maximum absolute atomic E-state index is 4.70. The number of fused-ring (bicyclic) bond motifs is 5. The van der Waals surface area contributed by atoms with Gasteiger partial charge in [0.15, 0.2) is 0 Å². The van der Waals surface area contributed by atoms with Gasteiger partial charge in [0, 0.05) is 0 Å². The molecule has 1 heteroatoms. The predicted molar refractivity (Wildman–Crippen MR) is 152 cm³/mol. The molecule has 4 aliphatic carbocycles. The van der Waals surface area contributed by atoms with Crippen LogP contribution in [0.5, 0.6) is 0 Å². The highest BCUT2D eigenvalue weighted by Crippen LogP contribution is 2.68. The first-order valence-electron chi connectivity index (χ1n) is 14.9. The van der Waals surface area contributed by atoms with Crippen LogP contribution >= 0.6 is 8.58 Å². The summed E-state index contributed by atoms with van der Waals surface area (Å²) >= 11 is 0. The quantitative estimate of drug-likeness (QED) is 0.274. The van der Waals surface area contributed by atoms with Crippen molar-refractivity contribution in [1.29, 1.82) is 0 Å². The molecule has 0 aromatic rings. The SMILES string of the molecule is C=C1CC2C3CCC(CCC(PC)C(C)C(C)(C)C)C3(C)CCC2C2(C)CCCCC12.CC. The van der Waals surface area contributed by atoms with Crippen molar-refractivity contribution in [3.8, 4) is 0 Å². The standard InChI is InChI=1S/C30H53P.C2H6/c1-20-19-23-25-14-12-22(13-15-27(31-8)21(2)28(3,4)5)29(25,6)18-16-26(23)30(7)17-10-9-11-24(20)30;1-2/h21-27,31H,1,9-19H2,2-8H3;1-2H3. The molecule has 0 aromatic heterocycles. The zero-order valence-corrected chi connectivity index (χ0v) is 25.0. The highest BCUT2D eigenvalue weighted by atomic mass is 31.1. The first kappa shape index (κ1) is 27.8. The molecule has 0 nitrogen and oxygen atoms in total. The van der Waals surface area contributed by atoms with Crippen molar-refractivity contribution in [2.24, 2.45) is 51.8 Å². The summed E-state index contributed by atoms with van der Waals surface area (Å²) in [4.78, 5) is 0. The van der Waals surface area contributed by atoms with E-state index in [0.29, 0.717) is 16.2 Å². The van der Waals surface area contributed by atoms with Gasteiger partial charge in [0.25, 0.3) is 0 Å². The van der Waals surface area contributed by atoms with Crippen molar-refractivity contribution in [1.82, 2.24) is 0 Å². The molecule has 0 heterocycles. The Bertz CT molecular complexity index is 658. The largest absolute Gasteiger partial charge is 0.122 e. The maximum Gasteiger partial charge on any atom is -0.0149 e. The van der Waals surface area contributed by atoms with E-state index in [1.54, 1.807) is 5.57 Å². The third-order valence-electron chi connectivity index (χ3n) is 11.9. The zero-order valence-electron chi connectivity index (χ0n) is 24.0. The Labute approximate surface area is 210 Å². The van der Waals surface area contributed by atoms with E-state index >= 15 is 0 Å². The van der Waals surface area contributed by atoms with Crippen molar-refractivity contribution < 1.29 is 0 Å². The summed E-state index contributed by atoms with van der Waals surface area (Å²) in [7, 11) is 1.10. The van der Waals surface area contributed by atoms with E-state index in [4.69, 9.17) is 6.58 Å². The van der Waals surface area contributed by atoms with Crippen LogP contribution in [0.2, 0.25) is 0 Å². The van der Waals surface area contributed by atoms with E-state index in [9.17, 15) is 0 Å². The van der Waals surface area contributed by atoms with Gasteiger partial charge in [-0.2, -0.15) is 0 Å². The van der Waals surface area contributed by atoms with Gasteiger partial charge in [-0.25, -0.2) is 0 Å². The van der Waals surface area contributed by atoms with Gasteiger partial charge in [0.05, 0.1) is 0 Å². The van der Waals surface area contributed by atoms with Crippen molar-refractivity contribution in [3.63, 3.8) is 0 Å². The van der Waals surface area contributed by atoms with Crippen LogP contribution in [0.15, 0.2) is 12.2 Å². The smallest absolute Gasteiger partial charge is 0.0149 e. The Hall–Kier alpha value is 0.170. The molecule has 4 saturated carbocycles. The molecule has 0 saturated heterocycles. The van der Waals surface area contributed by atoms with Gasteiger partial charge in [-0.1, -0.05) is 80.4 Å². The molecule has 0 aromatic carbocycles. The van der Waals surface area contributed by atoms with Gasteiger partial charge in [-0.15, -0.1) is 8.58 Å². The molecule has 10 atom stereocenters. The Morgan fingerprint density at radius 2 is 1.64 bits per heavy atom. The third kappa shape index (κ3) is 5.05. The Balaban J connectivity index is 0.00000149. The van der Waals surface area contributed by atoms with Gasteiger partial charge < -0.3 is 0 Å². The molecule has 0 aliphatic heterocycles. The lowest BCUT2D eigenvalue weighted by Gasteiger charge is -2.61. The molecule has 0 spiro atoms. The van der Waals surface area contributed by atoms with Crippen LogP contribution in [-0.4, -0.2) is 12.3 Å². The average molecular weight is 475 g/mol. The van der Waals surface area contributed by atoms with E-state index < -0.39 is 0 Å².